The fourth-order valence-corrected chi connectivity index (χ4v) is 3.95. The number of hydrogen-bond donors (Lipinski definition) is 1. The lowest BCUT2D eigenvalue weighted by atomic mass is 9.96. The molecule has 0 amide bonds. The minimum Gasteiger partial charge on any atom is -0.315 e. The summed E-state index contributed by atoms with van der Waals surface area (Å²) in [5.41, 5.74) is 2.12. The van der Waals surface area contributed by atoms with Crippen LogP contribution in [0.3, 0.4) is 0 Å². The molecule has 1 aromatic rings. The van der Waals surface area contributed by atoms with E-state index in [1.54, 1.807) is 0 Å². The van der Waals surface area contributed by atoms with Crippen LogP contribution in [0.25, 0.3) is 0 Å². The maximum Gasteiger partial charge on any atom is 0.0847 e. The normalized spacial score (nSPS) is 29.8. The highest BCUT2D eigenvalue weighted by molar-refractivity contribution is 6.31. The van der Waals surface area contributed by atoms with Gasteiger partial charge in [0.1, 0.15) is 0 Å². The average Bonchev–Trinajstić information content (AvgIpc) is 2.80. The lowest BCUT2D eigenvalue weighted by Crippen LogP contribution is -2.66. The Morgan fingerprint density at radius 3 is 2.57 bits per heavy atom. The molecule has 3 aliphatic heterocycles. The zero-order chi connectivity index (χ0) is 15.0. The lowest BCUT2D eigenvalue weighted by Gasteiger charge is -2.50. The smallest absolute Gasteiger partial charge is 0.0847 e. The molecule has 4 heterocycles. The van der Waals surface area contributed by atoms with Gasteiger partial charge in [-0.15, -0.1) is 0 Å². The van der Waals surface area contributed by atoms with Crippen molar-refractivity contribution in [3.05, 3.63) is 16.4 Å². The Morgan fingerprint density at radius 2 is 2.05 bits per heavy atom. The number of piperazine rings is 3. The molecule has 0 aliphatic carbocycles. The second kappa shape index (κ2) is 6.24. The van der Waals surface area contributed by atoms with Crippen molar-refractivity contribution in [2.45, 2.75) is 38.9 Å². The predicted molar refractivity (Wildman–Crippen MR) is 86.0 cm³/mol. The molecule has 118 valence electrons. The van der Waals surface area contributed by atoms with Crippen LogP contribution in [0.4, 0.5) is 0 Å². The Morgan fingerprint density at radius 1 is 1.33 bits per heavy atom. The van der Waals surface area contributed by atoms with Crippen LogP contribution >= 0.6 is 11.6 Å². The maximum absolute atomic E-state index is 6.48. The summed E-state index contributed by atoms with van der Waals surface area (Å²) < 4.78 is 2.05. The molecule has 2 atom stereocenters. The zero-order valence-electron chi connectivity index (χ0n) is 13.3. The fourth-order valence-electron chi connectivity index (χ4n) is 3.74. The average molecular weight is 312 g/mol. The van der Waals surface area contributed by atoms with Crippen LogP contribution in [-0.2, 0) is 13.0 Å². The van der Waals surface area contributed by atoms with E-state index in [1.165, 1.54) is 38.4 Å². The van der Waals surface area contributed by atoms with E-state index in [0.717, 1.165) is 23.7 Å². The van der Waals surface area contributed by atoms with Gasteiger partial charge >= 0.3 is 0 Å². The van der Waals surface area contributed by atoms with E-state index in [4.69, 9.17) is 11.6 Å². The van der Waals surface area contributed by atoms with E-state index in [2.05, 4.69) is 38.9 Å². The summed E-state index contributed by atoms with van der Waals surface area (Å²) >= 11 is 6.48. The Hall–Kier alpha value is -0.620. The third-order valence-corrected chi connectivity index (χ3v) is 5.51. The van der Waals surface area contributed by atoms with Crippen molar-refractivity contribution in [2.24, 2.45) is 0 Å². The third kappa shape index (κ3) is 2.84. The topological polar surface area (TPSA) is 36.3 Å². The number of nitrogens with one attached hydrogen (secondary N) is 1. The van der Waals surface area contributed by atoms with Gasteiger partial charge in [-0.3, -0.25) is 14.5 Å². The van der Waals surface area contributed by atoms with Crippen molar-refractivity contribution in [2.75, 3.05) is 39.8 Å². The van der Waals surface area contributed by atoms with Crippen LogP contribution in [0.15, 0.2) is 0 Å². The van der Waals surface area contributed by atoms with Gasteiger partial charge in [0.2, 0.25) is 0 Å². The van der Waals surface area contributed by atoms with Crippen molar-refractivity contribution < 1.29 is 0 Å². The Bertz CT molecular complexity index is 492. The summed E-state index contributed by atoms with van der Waals surface area (Å²) in [4.78, 5) is 5.22. The third-order valence-electron chi connectivity index (χ3n) is 5.02. The van der Waals surface area contributed by atoms with Gasteiger partial charge in [-0.05, 0) is 20.9 Å². The number of aromatic nitrogens is 2. The van der Waals surface area contributed by atoms with Gasteiger partial charge in [-0.25, -0.2) is 0 Å². The van der Waals surface area contributed by atoms with Crippen LogP contribution < -0.4 is 5.32 Å². The number of likely N-dealkylation sites (N-methyl/N-ethyl adjacent to an activating group) is 1. The molecule has 0 spiro atoms. The molecule has 0 radical (unpaired) electrons. The van der Waals surface area contributed by atoms with Gasteiger partial charge in [-0.2, -0.15) is 5.10 Å². The predicted octanol–water partition coefficient (Wildman–Crippen LogP) is 0.995. The second-order valence-corrected chi connectivity index (χ2v) is 6.54. The van der Waals surface area contributed by atoms with Crippen molar-refractivity contribution >= 4 is 11.6 Å². The van der Waals surface area contributed by atoms with E-state index >= 15 is 0 Å². The van der Waals surface area contributed by atoms with Gasteiger partial charge in [0.15, 0.2) is 0 Å². The Labute approximate surface area is 132 Å². The molecule has 1 aromatic heterocycles. The highest BCUT2D eigenvalue weighted by Gasteiger charge is 2.36. The molecule has 3 aliphatic rings. The highest BCUT2D eigenvalue weighted by atomic mass is 35.5. The van der Waals surface area contributed by atoms with Crippen LogP contribution in [-0.4, -0.2) is 71.4 Å². The van der Waals surface area contributed by atoms with Crippen molar-refractivity contribution in [1.82, 2.24) is 24.9 Å². The quantitative estimate of drug-likeness (QED) is 0.880. The first-order valence-electron chi connectivity index (χ1n) is 7.99. The number of nitrogens with zero attached hydrogens (tertiary/aromatic N) is 4. The van der Waals surface area contributed by atoms with Crippen molar-refractivity contribution in [3.63, 3.8) is 0 Å². The van der Waals surface area contributed by atoms with E-state index < -0.39 is 0 Å². The van der Waals surface area contributed by atoms with E-state index in [-0.39, 0.29) is 0 Å². The standard InChI is InChI=1S/C15H26ClN5/c1-4-21-13(15(16)11(2)18-21)9-12(17-3)14-10-19-5-7-20(14)8-6-19/h12,14,17H,4-10H2,1-3H3. The number of aryl methyl sites for hydroxylation is 2. The van der Waals surface area contributed by atoms with Crippen LogP contribution in [0.1, 0.15) is 18.3 Å². The number of hydrogen-bond acceptors (Lipinski definition) is 4. The molecule has 3 fully saturated rings. The van der Waals surface area contributed by atoms with Gasteiger partial charge in [0.25, 0.3) is 0 Å². The largest absolute Gasteiger partial charge is 0.315 e. The monoisotopic (exact) mass is 311 g/mol. The molecular weight excluding hydrogens is 286 g/mol. The van der Waals surface area contributed by atoms with Crippen LogP contribution in [0, 0.1) is 6.92 Å². The van der Waals surface area contributed by atoms with E-state index in [0.29, 0.717) is 12.1 Å². The molecule has 0 saturated carbocycles. The molecule has 1 N–H and O–H groups in total. The van der Waals surface area contributed by atoms with Crippen LogP contribution in [0.5, 0.6) is 0 Å². The molecule has 6 heteroatoms. The summed E-state index contributed by atoms with van der Waals surface area (Å²) in [6.45, 7) is 11.0. The first kappa shape index (κ1) is 15.3. The summed E-state index contributed by atoms with van der Waals surface area (Å²) in [7, 11) is 2.07. The number of rotatable bonds is 5. The molecule has 2 bridgehead atoms. The molecular formula is C15H26ClN5. The van der Waals surface area contributed by atoms with Gasteiger partial charge in [-0.1, -0.05) is 11.6 Å². The number of halogens is 1. The maximum atomic E-state index is 6.48. The fraction of sp³-hybridized carbons (Fsp3) is 0.800. The first-order valence-corrected chi connectivity index (χ1v) is 8.37. The highest BCUT2D eigenvalue weighted by Crippen LogP contribution is 2.25. The van der Waals surface area contributed by atoms with Crippen molar-refractivity contribution in [1.29, 1.82) is 0 Å². The molecule has 0 aromatic carbocycles. The summed E-state index contributed by atoms with van der Waals surface area (Å²) in [6, 6.07) is 1.00. The zero-order valence-corrected chi connectivity index (χ0v) is 14.0. The lowest BCUT2D eigenvalue weighted by molar-refractivity contribution is -0.00228. The summed E-state index contributed by atoms with van der Waals surface area (Å²) in [5, 5.41) is 8.91. The SMILES string of the molecule is CCn1nc(C)c(Cl)c1CC(NC)C1CN2CCN1CC2. The molecule has 2 unspecified atom stereocenters. The Balaban J connectivity index is 1.79. The molecule has 4 rings (SSSR count). The number of fused-ring (bicyclic) bond motifs is 3. The van der Waals surface area contributed by atoms with E-state index in [1.807, 2.05) is 6.92 Å². The van der Waals surface area contributed by atoms with Crippen molar-refractivity contribution in [3.8, 4) is 0 Å². The minimum absolute atomic E-state index is 0.423. The van der Waals surface area contributed by atoms with Gasteiger partial charge in [0, 0.05) is 57.8 Å². The van der Waals surface area contributed by atoms with Gasteiger partial charge < -0.3 is 5.32 Å². The minimum atomic E-state index is 0.423. The van der Waals surface area contributed by atoms with E-state index in [9.17, 15) is 0 Å². The second-order valence-electron chi connectivity index (χ2n) is 6.17. The summed E-state index contributed by atoms with van der Waals surface area (Å²) in [6.07, 6.45) is 0.943. The van der Waals surface area contributed by atoms with Gasteiger partial charge in [0.05, 0.1) is 16.4 Å². The summed E-state index contributed by atoms with van der Waals surface area (Å²) in [5.74, 6) is 0. The molecule has 21 heavy (non-hydrogen) atoms. The Kier molecular flexibility index (Phi) is 4.54. The first-order chi connectivity index (χ1) is 10.1. The van der Waals surface area contributed by atoms with Crippen LogP contribution in [0.2, 0.25) is 5.02 Å². The molecule has 3 saturated heterocycles. The molecule has 5 nitrogen and oxygen atoms in total.